The van der Waals surface area contributed by atoms with Crippen LogP contribution < -0.4 is 22.5 Å². The lowest BCUT2D eigenvalue weighted by molar-refractivity contribution is 0.0824. The molecule has 0 aliphatic carbocycles. The summed E-state index contributed by atoms with van der Waals surface area (Å²) >= 11 is 6.12. The third-order valence-electron chi connectivity index (χ3n) is 5.94. The maximum absolute atomic E-state index is 13.5. The number of hydrazone groups is 1. The van der Waals surface area contributed by atoms with E-state index in [1.165, 1.54) is 16.5 Å². The molecule has 0 bridgehead atoms. The van der Waals surface area contributed by atoms with E-state index in [0.717, 1.165) is 16.2 Å². The number of hydrogen-bond donors (Lipinski definition) is 3. The Labute approximate surface area is 218 Å². The number of nitrogens with zero attached hydrogens (tertiary/aromatic N) is 7. The number of hydrazine groups is 1. The van der Waals surface area contributed by atoms with Crippen molar-refractivity contribution >= 4 is 45.6 Å². The smallest absolute Gasteiger partial charge is 0.275 e. The van der Waals surface area contributed by atoms with E-state index in [0.29, 0.717) is 27.9 Å². The van der Waals surface area contributed by atoms with Crippen LogP contribution in [0.3, 0.4) is 0 Å². The summed E-state index contributed by atoms with van der Waals surface area (Å²) in [4.78, 5) is 36.4. The number of halogens is 1. The van der Waals surface area contributed by atoms with Crippen molar-refractivity contribution < 1.29 is 4.79 Å². The van der Waals surface area contributed by atoms with Crippen molar-refractivity contribution in [1.29, 1.82) is 0 Å². The molecular formula is C24H29ClN10O2. The summed E-state index contributed by atoms with van der Waals surface area (Å²) in [6.45, 7) is 3.87. The molecule has 0 spiro atoms. The number of aryl methyl sites for hydroxylation is 2. The van der Waals surface area contributed by atoms with Crippen molar-refractivity contribution in [1.82, 2.24) is 29.0 Å². The highest BCUT2D eigenvalue weighted by atomic mass is 35.5. The van der Waals surface area contributed by atoms with E-state index in [1.807, 2.05) is 26.0 Å². The summed E-state index contributed by atoms with van der Waals surface area (Å²) < 4.78 is 3.23. The van der Waals surface area contributed by atoms with E-state index in [4.69, 9.17) is 23.2 Å². The molecule has 0 saturated carbocycles. The van der Waals surface area contributed by atoms with Gasteiger partial charge in [0.1, 0.15) is 17.2 Å². The molecule has 3 heterocycles. The molecule has 1 unspecified atom stereocenters. The summed E-state index contributed by atoms with van der Waals surface area (Å²) in [5.41, 5.74) is 9.76. The Balaban J connectivity index is 1.94. The van der Waals surface area contributed by atoms with Gasteiger partial charge >= 0.3 is 0 Å². The third-order valence-corrected chi connectivity index (χ3v) is 6.15. The highest BCUT2D eigenvalue weighted by Crippen LogP contribution is 2.30. The maximum atomic E-state index is 13.5. The molecule has 0 radical (unpaired) electrons. The number of hydrogen-bond acceptors (Lipinski definition) is 8. The number of amidine groups is 1. The van der Waals surface area contributed by atoms with Crippen LogP contribution in [0.25, 0.3) is 16.6 Å². The zero-order valence-corrected chi connectivity index (χ0v) is 22.2. The highest BCUT2D eigenvalue weighted by Gasteiger charge is 2.24. The Bertz CT molecular complexity index is 1620. The van der Waals surface area contributed by atoms with Crippen molar-refractivity contribution in [2.75, 3.05) is 26.5 Å². The zero-order chi connectivity index (χ0) is 27.2. The number of benzene rings is 1. The minimum atomic E-state index is -0.335. The summed E-state index contributed by atoms with van der Waals surface area (Å²) in [5.74, 6) is 5.41. The van der Waals surface area contributed by atoms with Gasteiger partial charge in [0, 0.05) is 28.2 Å². The molecule has 1 amide bonds. The summed E-state index contributed by atoms with van der Waals surface area (Å²) in [6.07, 6.45) is 1.57. The van der Waals surface area contributed by atoms with Gasteiger partial charge in [-0.3, -0.25) is 18.6 Å². The van der Waals surface area contributed by atoms with Gasteiger partial charge in [0.15, 0.2) is 17.2 Å². The lowest BCUT2D eigenvalue weighted by Crippen LogP contribution is -2.27. The van der Waals surface area contributed by atoms with Crippen molar-refractivity contribution in [3.63, 3.8) is 0 Å². The van der Waals surface area contributed by atoms with Crippen LogP contribution in [0.4, 0.5) is 5.69 Å². The van der Waals surface area contributed by atoms with Gasteiger partial charge in [-0.2, -0.15) is 0 Å². The zero-order valence-electron chi connectivity index (χ0n) is 21.4. The summed E-state index contributed by atoms with van der Waals surface area (Å²) in [7, 11) is 6.46. The van der Waals surface area contributed by atoms with Crippen molar-refractivity contribution in [3.8, 4) is 0 Å². The number of carbonyl (C=O) groups is 1. The normalized spacial score (nSPS) is 12.7. The number of rotatable bonds is 6. The van der Waals surface area contributed by atoms with Gasteiger partial charge in [0.2, 0.25) is 0 Å². The van der Waals surface area contributed by atoms with Crippen molar-refractivity contribution in [2.45, 2.75) is 19.9 Å². The Hall–Kier alpha value is -4.16. The van der Waals surface area contributed by atoms with E-state index in [2.05, 4.69) is 20.4 Å². The van der Waals surface area contributed by atoms with Crippen LogP contribution in [0.15, 0.2) is 40.5 Å². The van der Waals surface area contributed by atoms with Gasteiger partial charge in [-0.25, -0.2) is 20.9 Å². The Morgan fingerprint density at radius 2 is 1.92 bits per heavy atom. The molecule has 194 valence electrons. The van der Waals surface area contributed by atoms with E-state index in [1.54, 1.807) is 44.0 Å². The Kier molecular flexibility index (Phi) is 6.80. The number of pyridine rings is 1. The number of amides is 1. The van der Waals surface area contributed by atoms with Crippen LogP contribution >= 0.6 is 11.6 Å². The molecule has 4 aromatic rings. The van der Waals surface area contributed by atoms with Crippen LogP contribution in [0.2, 0.25) is 5.15 Å². The second kappa shape index (κ2) is 9.71. The predicted molar refractivity (Wildman–Crippen MR) is 145 cm³/mol. The van der Waals surface area contributed by atoms with Crippen molar-refractivity contribution in [3.05, 3.63) is 68.6 Å². The topological polar surface area (TPSA) is 152 Å². The first-order chi connectivity index (χ1) is 17.4. The van der Waals surface area contributed by atoms with Gasteiger partial charge in [0.05, 0.1) is 22.6 Å². The molecule has 13 heteroatoms. The minimum absolute atomic E-state index is 0.0778. The van der Waals surface area contributed by atoms with Gasteiger partial charge < -0.3 is 16.0 Å². The van der Waals surface area contributed by atoms with Gasteiger partial charge in [-0.15, -0.1) is 5.10 Å². The van der Waals surface area contributed by atoms with Gasteiger partial charge in [-0.05, 0) is 43.2 Å². The molecule has 1 aromatic carbocycles. The van der Waals surface area contributed by atoms with Crippen LogP contribution in [-0.4, -0.2) is 61.8 Å². The Morgan fingerprint density at radius 1 is 1.22 bits per heavy atom. The average Bonchev–Trinajstić information content (AvgIpc) is 3.27. The largest absolute Gasteiger partial charge is 0.380 e. The van der Waals surface area contributed by atoms with Crippen LogP contribution in [-0.2, 0) is 7.05 Å². The molecule has 4 rings (SSSR count). The number of imidazole rings is 1. The fraction of sp³-hybridized carbons (Fsp3) is 0.292. The quantitative estimate of drug-likeness (QED) is 0.114. The molecule has 5 N–H and O–H groups in total. The number of carbonyl (C=O) groups excluding carboxylic acids is 1. The lowest BCUT2D eigenvalue weighted by Gasteiger charge is -2.21. The molecule has 12 nitrogen and oxygen atoms in total. The van der Waals surface area contributed by atoms with E-state index in [-0.39, 0.29) is 34.2 Å². The SMILES string of the molecule is Cc1cc(C(C)Nc2ccc(Cl)nc2/C(N)=N/N(C)N)c2c(c1)c(=O)n(C)c1c(C(=O)N(C)C)ncn21. The molecule has 3 aromatic heterocycles. The second-order valence-corrected chi connectivity index (χ2v) is 9.44. The van der Waals surface area contributed by atoms with Crippen molar-refractivity contribution in [2.24, 2.45) is 23.7 Å². The molecular weight excluding hydrogens is 496 g/mol. The monoisotopic (exact) mass is 524 g/mol. The summed E-state index contributed by atoms with van der Waals surface area (Å²) in [6, 6.07) is 6.87. The average molecular weight is 525 g/mol. The second-order valence-electron chi connectivity index (χ2n) is 9.06. The fourth-order valence-corrected chi connectivity index (χ4v) is 4.46. The molecule has 1 atom stereocenters. The Morgan fingerprint density at radius 3 is 2.57 bits per heavy atom. The lowest BCUT2D eigenvalue weighted by atomic mass is 10.0. The highest BCUT2D eigenvalue weighted by molar-refractivity contribution is 6.29. The number of nitrogens with one attached hydrogen (secondary N) is 1. The number of nitrogens with two attached hydrogens (primary N) is 2. The first kappa shape index (κ1) is 25.9. The third kappa shape index (κ3) is 4.68. The fourth-order valence-electron chi connectivity index (χ4n) is 4.31. The molecule has 0 aliphatic heterocycles. The number of aromatic nitrogens is 4. The van der Waals surface area contributed by atoms with Gasteiger partial charge in [0.25, 0.3) is 11.5 Å². The molecule has 0 saturated heterocycles. The summed E-state index contributed by atoms with van der Waals surface area (Å²) in [5, 5.41) is 9.28. The maximum Gasteiger partial charge on any atom is 0.275 e. The minimum Gasteiger partial charge on any atom is -0.380 e. The van der Waals surface area contributed by atoms with Crippen LogP contribution in [0, 0.1) is 6.92 Å². The number of anilines is 1. The van der Waals surface area contributed by atoms with Gasteiger partial charge in [-0.1, -0.05) is 17.7 Å². The molecule has 37 heavy (non-hydrogen) atoms. The standard InChI is InChI=1S/C24H29ClN10O2/c1-12-9-14(13(2)29-16-7-8-17(25)30-18(16)21(26)31-34(6)27)20-15(10-12)23(36)33(5)22-19(24(37)32(3)4)28-11-35(20)22/h7-11,13,29H,27H2,1-6H3,(H2,26,31). The van der Waals surface area contributed by atoms with Crippen LogP contribution in [0.1, 0.15) is 40.3 Å². The van der Waals surface area contributed by atoms with E-state index in [9.17, 15) is 9.59 Å². The van der Waals surface area contributed by atoms with E-state index >= 15 is 0 Å². The first-order valence-corrected chi connectivity index (χ1v) is 11.8. The predicted octanol–water partition coefficient (Wildman–Crippen LogP) is 1.84. The van der Waals surface area contributed by atoms with Crippen LogP contribution in [0.5, 0.6) is 0 Å². The first-order valence-electron chi connectivity index (χ1n) is 11.4. The molecule has 0 aliphatic rings. The molecule has 0 fully saturated rings. The number of fused-ring (bicyclic) bond motifs is 3. The van der Waals surface area contributed by atoms with E-state index < -0.39 is 0 Å².